The summed E-state index contributed by atoms with van der Waals surface area (Å²) in [6.07, 6.45) is 4.58. The SMILES string of the molecule is C=C(C)C(=O)OCc1cc(CCCCC)ccc1-c1ccc(-c2ccc(CO)cc2)cc1. The van der Waals surface area contributed by atoms with E-state index >= 15 is 0 Å². The van der Waals surface area contributed by atoms with Crippen LogP contribution in [0.4, 0.5) is 0 Å². The predicted molar refractivity (Wildman–Crippen MR) is 131 cm³/mol. The average molecular weight is 429 g/mol. The third kappa shape index (κ3) is 6.18. The van der Waals surface area contributed by atoms with Gasteiger partial charge in [0.05, 0.1) is 6.61 Å². The van der Waals surface area contributed by atoms with Crippen LogP contribution in [-0.2, 0) is 29.2 Å². The lowest BCUT2D eigenvalue weighted by Gasteiger charge is -2.14. The van der Waals surface area contributed by atoms with Crippen LogP contribution in [0.15, 0.2) is 78.9 Å². The number of rotatable bonds is 10. The molecule has 0 heterocycles. The van der Waals surface area contributed by atoms with Crippen LogP contribution in [0.1, 0.15) is 49.8 Å². The molecule has 0 amide bonds. The van der Waals surface area contributed by atoms with Crippen molar-refractivity contribution < 1.29 is 14.6 Å². The number of benzene rings is 3. The van der Waals surface area contributed by atoms with Gasteiger partial charge in [0.15, 0.2) is 0 Å². The molecule has 0 aliphatic heterocycles. The number of hydrogen-bond donors (Lipinski definition) is 1. The van der Waals surface area contributed by atoms with Gasteiger partial charge in [-0.05, 0) is 58.7 Å². The third-order valence-electron chi connectivity index (χ3n) is 5.61. The van der Waals surface area contributed by atoms with Crippen LogP contribution >= 0.6 is 0 Å². The quantitative estimate of drug-likeness (QED) is 0.218. The molecule has 32 heavy (non-hydrogen) atoms. The van der Waals surface area contributed by atoms with E-state index in [2.05, 4.69) is 56.0 Å². The molecule has 0 aromatic heterocycles. The summed E-state index contributed by atoms with van der Waals surface area (Å²) in [6, 6.07) is 22.8. The zero-order valence-electron chi connectivity index (χ0n) is 19.1. The molecular weight excluding hydrogens is 396 g/mol. The van der Waals surface area contributed by atoms with Crippen LogP contribution in [0.2, 0.25) is 0 Å². The highest BCUT2D eigenvalue weighted by Gasteiger charge is 2.11. The van der Waals surface area contributed by atoms with Crippen molar-refractivity contribution in [3.63, 3.8) is 0 Å². The molecule has 0 aliphatic carbocycles. The summed E-state index contributed by atoms with van der Waals surface area (Å²) >= 11 is 0. The molecule has 1 N–H and O–H groups in total. The Labute approximate surface area is 191 Å². The van der Waals surface area contributed by atoms with E-state index in [1.165, 1.54) is 18.4 Å². The van der Waals surface area contributed by atoms with Crippen LogP contribution in [0.3, 0.4) is 0 Å². The number of esters is 1. The maximum Gasteiger partial charge on any atom is 0.333 e. The Balaban J connectivity index is 1.86. The van der Waals surface area contributed by atoms with Gasteiger partial charge >= 0.3 is 5.97 Å². The fourth-order valence-electron chi connectivity index (χ4n) is 3.69. The Hall–Kier alpha value is -3.17. The third-order valence-corrected chi connectivity index (χ3v) is 5.61. The van der Waals surface area contributed by atoms with Gasteiger partial charge in [-0.25, -0.2) is 4.79 Å². The molecule has 3 nitrogen and oxygen atoms in total. The monoisotopic (exact) mass is 428 g/mol. The molecule has 0 spiro atoms. The van der Waals surface area contributed by atoms with Gasteiger partial charge in [0, 0.05) is 5.57 Å². The van der Waals surface area contributed by atoms with E-state index < -0.39 is 0 Å². The largest absolute Gasteiger partial charge is 0.457 e. The van der Waals surface area contributed by atoms with Gasteiger partial charge in [0.25, 0.3) is 0 Å². The number of aliphatic hydroxyl groups excluding tert-OH is 1. The van der Waals surface area contributed by atoms with Crippen molar-refractivity contribution in [3.05, 3.63) is 95.6 Å². The molecule has 3 aromatic carbocycles. The molecule has 166 valence electrons. The summed E-state index contributed by atoms with van der Waals surface area (Å²) in [4.78, 5) is 12.0. The maximum atomic E-state index is 12.0. The van der Waals surface area contributed by atoms with Gasteiger partial charge < -0.3 is 9.84 Å². The second-order valence-electron chi connectivity index (χ2n) is 8.24. The molecule has 3 heteroatoms. The Bertz CT molecular complexity index is 1050. The van der Waals surface area contributed by atoms with Gasteiger partial charge in [-0.1, -0.05) is 93.1 Å². The Morgan fingerprint density at radius 1 is 0.875 bits per heavy atom. The highest BCUT2D eigenvalue weighted by atomic mass is 16.5. The van der Waals surface area contributed by atoms with E-state index in [9.17, 15) is 9.90 Å². The molecule has 0 fully saturated rings. The van der Waals surface area contributed by atoms with Crippen molar-refractivity contribution in [2.45, 2.75) is 52.7 Å². The first-order valence-corrected chi connectivity index (χ1v) is 11.3. The Morgan fingerprint density at radius 2 is 1.47 bits per heavy atom. The van der Waals surface area contributed by atoms with Gasteiger partial charge in [-0.2, -0.15) is 0 Å². The molecule has 0 bridgehead atoms. The van der Waals surface area contributed by atoms with Gasteiger partial charge in [-0.15, -0.1) is 0 Å². The van der Waals surface area contributed by atoms with E-state index in [4.69, 9.17) is 4.74 Å². The molecule has 0 radical (unpaired) electrons. The molecule has 0 atom stereocenters. The number of aryl methyl sites for hydroxylation is 1. The Morgan fingerprint density at radius 3 is 2.06 bits per heavy atom. The molecule has 3 aromatic rings. The molecule has 0 aliphatic rings. The average Bonchev–Trinajstić information content (AvgIpc) is 2.83. The van der Waals surface area contributed by atoms with Gasteiger partial charge in [0.1, 0.15) is 6.61 Å². The van der Waals surface area contributed by atoms with E-state index in [1.54, 1.807) is 6.92 Å². The molecular formula is C29H32O3. The first-order valence-electron chi connectivity index (χ1n) is 11.3. The number of ether oxygens (including phenoxy) is 1. The van der Waals surface area contributed by atoms with E-state index in [-0.39, 0.29) is 19.2 Å². The first-order chi connectivity index (χ1) is 15.5. The fourth-order valence-corrected chi connectivity index (χ4v) is 3.69. The lowest BCUT2D eigenvalue weighted by Crippen LogP contribution is -2.06. The van der Waals surface area contributed by atoms with E-state index in [0.717, 1.165) is 46.2 Å². The van der Waals surface area contributed by atoms with Crippen molar-refractivity contribution in [3.8, 4) is 22.3 Å². The van der Waals surface area contributed by atoms with Gasteiger partial charge in [0.2, 0.25) is 0 Å². The molecule has 0 unspecified atom stereocenters. The molecule has 0 saturated carbocycles. The minimum atomic E-state index is -0.367. The Kier molecular flexibility index (Phi) is 8.41. The number of carbonyl (C=O) groups is 1. The van der Waals surface area contributed by atoms with Crippen LogP contribution < -0.4 is 0 Å². The predicted octanol–water partition coefficient (Wildman–Crippen LogP) is 6.86. The second kappa shape index (κ2) is 11.4. The zero-order valence-corrected chi connectivity index (χ0v) is 19.1. The number of hydrogen-bond acceptors (Lipinski definition) is 3. The van der Waals surface area contributed by atoms with Crippen LogP contribution in [-0.4, -0.2) is 11.1 Å². The lowest BCUT2D eigenvalue weighted by molar-refractivity contribution is -0.140. The van der Waals surface area contributed by atoms with E-state index in [1.807, 2.05) is 24.3 Å². The summed E-state index contributed by atoms with van der Waals surface area (Å²) < 4.78 is 5.49. The number of aliphatic hydroxyl groups is 1. The minimum absolute atomic E-state index is 0.0480. The summed E-state index contributed by atoms with van der Waals surface area (Å²) in [7, 11) is 0. The second-order valence-corrected chi connectivity index (χ2v) is 8.24. The van der Waals surface area contributed by atoms with Crippen molar-refractivity contribution >= 4 is 5.97 Å². The zero-order chi connectivity index (χ0) is 22.9. The number of unbranched alkanes of at least 4 members (excludes halogenated alkanes) is 2. The van der Waals surface area contributed by atoms with Crippen molar-refractivity contribution in [1.29, 1.82) is 0 Å². The first kappa shape index (κ1) is 23.5. The topological polar surface area (TPSA) is 46.5 Å². The normalized spacial score (nSPS) is 10.7. The van der Waals surface area contributed by atoms with E-state index in [0.29, 0.717) is 5.57 Å². The summed E-state index contributed by atoms with van der Waals surface area (Å²) in [5, 5.41) is 9.24. The summed E-state index contributed by atoms with van der Waals surface area (Å²) in [6.45, 7) is 7.82. The van der Waals surface area contributed by atoms with Crippen LogP contribution in [0.25, 0.3) is 22.3 Å². The van der Waals surface area contributed by atoms with Crippen molar-refractivity contribution in [2.24, 2.45) is 0 Å². The standard InChI is InChI=1S/C29H32O3/c1-4-5-6-7-22-10-17-28(27(18-22)20-32-29(31)21(2)3)26-15-13-25(14-16-26)24-11-8-23(19-30)9-12-24/h8-18,30H,2,4-7,19-20H2,1,3H3. The fraction of sp³-hybridized carbons (Fsp3) is 0.276. The van der Waals surface area contributed by atoms with Crippen LogP contribution in [0.5, 0.6) is 0 Å². The molecule has 3 rings (SSSR count). The van der Waals surface area contributed by atoms with Crippen LogP contribution in [0, 0.1) is 0 Å². The summed E-state index contributed by atoms with van der Waals surface area (Å²) in [5.41, 5.74) is 7.96. The smallest absolute Gasteiger partial charge is 0.333 e. The summed E-state index contributed by atoms with van der Waals surface area (Å²) in [5.74, 6) is -0.367. The lowest BCUT2D eigenvalue weighted by atomic mass is 9.94. The van der Waals surface area contributed by atoms with Crippen molar-refractivity contribution in [1.82, 2.24) is 0 Å². The van der Waals surface area contributed by atoms with Gasteiger partial charge in [-0.3, -0.25) is 0 Å². The number of carbonyl (C=O) groups excluding carboxylic acids is 1. The van der Waals surface area contributed by atoms with Crippen molar-refractivity contribution in [2.75, 3.05) is 0 Å². The minimum Gasteiger partial charge on any atom is -0.457 e. The molecule has 0 saturated heterocycles. The highest BCUT2D eigenvalue weighted by molar-refractivity contribution is 5.87. The highest BCUT2D eigenvalue weighted by Crippen LogP contribution is 2.29. The maximum absolute atomic E-state index is 12.0.